The van der Waals surface area contributed by atoms with E-state index in [1.54, 1.807) is 24.3 Å². The van der Waals surface area contributed by atoms with Gasteiger partial charge in [-0.3, -0.25) is 0 Å². The van der Waals surface area contributed by atoms with E-state index >= 15 is 0 Å². The van der Waals surface area contributed by atoms with E-state index in [-0.39, 0.29) is 5.11 Å². The van der Waals surface area contributed by atoms with Crippen molar-refractivity contribution in [2.45, 2.75) is 23.8 Å². The van der Waals surface area contributed by atoms with Crippen LogP contribution in [0.15, 0.2) is 48.5 Å². The molecular weight excluding hydrogens is 427 g/mol. The average Bonchev–Trinajstić information content (AvgIpc) is 2.57. The Labute approximate surface area is 178 Å². The van der Waals surface area contributed by atoms with Gasteiger partial charge >= 0.3 is 6.03 Å². The number of para-hydroxylation sites is 1. The second kappa shape index (κ2) is 9.46. The molecule has 0 saturated carbocycles. The lowest BCUT2D eigenvalue weighted by Gasteiger charge is -2.28. The number of anilines is 2. The number of benzene rings is 2. The first-order chi connectivity index (χ1) is 12.6. The number of amides is 2. The molecule has 2 aromatic rings. The minimum absolute atomic E-state index is 0.207. The molecule has 0 aliphatic heterocycles. The summed E-state index contributed by atoms with van der Waals surface area (Å²) in [6.07, 6.45) is -1.06. The summed E-state index contributed by atoms with van der Waals surface area (Å²) < 4.78 is -1.83. The van der Waals surface area contributed by atoms with Crippen molar-refractivity contribution >= 4 is 69.5 Å². The van der Waals surface area contributed by atoms with Crippen LogP contribution >= 0.6 is 47.0 Å². The smallest absolute Gasteiger partial charge is 0.320 e. The van der Waals surface area contributed by atoms with Crippen LogP contribution in [0.2, 0.25) is 0 Å². The predicted molar refractivity (Wildman–Crippen MR) is 118 cm³/mol. The summed E-state index contributed by atoms with van der Waals surface area (Å²) in [7, 11) is 0. The molecule has 27 heavy (non-hydrogen) atoms. The van der Waals surface area contributed by atoms with Gasteiger partial charge in [0.15, 0.2) is 11.3 Å². The zero-order chi connectivity index (χ0) is 20.0. The number of carbonyl (C=O) groups excluding carboxylic acids is 1. The van der Waals surface area contributed by atoms with Crippen molar-refractivity contribution in [2.75, 3.05) is 10.6 Å². The second-order valence-electron chi connectivity index (χ2n) is 5.86. The molecule has 9 heteroatoms. The SMILES string of the molecule is Cc1ccc(NC(=S)NC(NC(=O)Nc2ccccc2)C(Cl)(Cl)Cl)c(C)c1. The number of thiocarbonyl (C=S) groups is 1. The van der Waals surface area contributed by atoms with Crippen LogP contribution in [-0.4, -0.2) is 21.1 Å². The predicted octanol–water partition coefficient (Wildman–Crippen LogP) is 5.11. The molecule has 0 saturated heterocycles. The number of carbonyl (C=O) groups is 1. The van der Waals surface area contributed by atoms with Crippen molar-refractivity contribution < 1.29 is 4.79 Å². The van der Waals surface area contributed by atoms with E-state index < -0.39 is 16.0 Å². The molecule has 0 aliphatic carbocycles. The Morgan fingerprint density at radius 2 is 1.67 bits per heavy atom. The molecule has 144 valence electrons. The van der Waals surface area contributed by atoms with Crippen molar-refractivity contribution in [1.82, 2.24) is 10.6 Å². The molecule has 4 N–H and O–H groups in total. The van der Waals surface area contributed by atoms with Crippen LogP contribution in [0.25, 0.3) is 0 Å². The minimum atomic E-state index is -1.83. The van der Waals surface area contributed by atoms with Gasteiger partial charge < -0.3 is 21.3 Å². The standard InChI is InChI=1S/C18H19Cl3N4OS/c1-11-8-9-14(12(2)10-11)23-17(27)25-15(18(19,20)21)24-16(26)22-13-6-4-3-5-7-13/h3-10,15H,1-2H3,(H2,22,24,26)(H2,23,25,27). The van der Waals surface area contributed by atoms with E-state index in [1.807, 2.05) is 38.1 Å². The van der Waals surface area contributed by atoms with Gasteiger partial charge in [0, 0.05) is 11.4 Å². The fraction of sp³-hybridized carbons (Fsp3) is 0.222. The van der Waals surface area contributed by atoms with Crippen molar-refractivity contribution in [2.24, 2.45) is 0 Å². The maximum atomic E-state index is 12.2. The summed E-state index contributed by atoms with van der Waals surface area (Å²) in [5.74, 6) is 0. The molecule has 0 bridgehead atoms. The number of alkyl halides is 3. The largest absolute Gasteiger partial charge is 0.339 e. The van der Waals surface area contributed by atoms with Crippen LogP contribution in [0.1, 0.15) is 11.1 Å². The number of rotatable bonds is 4. The Morgan fingerprint density at radius 1 is 1.00 bits per heavy atom. The Kier molecular flexibility index (Phi) is 7.56. The summed E-state index contributed by atoms with van der Waals surface area (Å²) in [5.41, 5.74) is 3.57. The molecular formula is C18H19Cl3N4OS. The lowest BCUT2D eigenvalue weighted by molar-refractivity contribution is 0.247. The number of hydrogen-bond donors (Lipinski definition) is 4. The second-order valence-corrected chi connectivity index (χ2v) is 8.63. The zero-order valence-electron chi connectivity index (χ0n) is 14.6. The average molecular weight is 446 g/mol. The number of hydrogen-bond acceptors (Lipinski definition) is 2. The van der Waals surface area contributed by atoms with Gasteiger partial charge in [-0.15, -0.1) is 0 Å². The topological polar surface area (TPSA) is 65.2 Å². The van der Waals surface area contributed by atoms with Gasteiger partial charge in [0.25, 0.3) is 0 Å². The molecule has 0 radical (unpaired) electrons. The van der Waals surface area contributed by atoms with Crippen LogP contribution in [0.4, 0.5) is 16.2 Å². The number of urea groups is 1. The first-order valence-corrected chi connectivity index (χ1v) is 9.53. The van der Waals surface area contributed by atoms with Gasteiger partial charge in [0.2, 0.25) is 3.79 Å². The quantitative estimate of drug-likeness (QED) is 0.300. The molecule has 0 fully saturated rings. The van der Waals surface area contributed by atoms with Crippen molar-refractivity contribution in [3.05, 3.63) is 59.7 Å². The van der Waals surface area contributed by atoms with E-state index in [4.69, 9.17) is 47.0 Å². The van der Waals surface area contributed by atoms with E-state index in [2.05, 4.69) is 21.3 Å². The number of halogens is 3. The highest BCUT2D eigenvalue weighted by Crippen LogP contribution is 2.29. The normalized spacial score (nSPS) is 12.0. The molecule has 5 nitrogen and oxygen atoms in total. The van der Waals surface area contributed by atoms with Crippen molar-refractivity contribution in [1.29, 1.82) is 0 Å². The van der Waals surface area contributed by atoms with Crippen LogP contribution < -0.4 is 21.3 Å². The van der Waals surface area contributed by atoms with E-state index in [0.29, 0.717) is 5.69 Å². The molecule has 1 atom stereocenters. The third kappa shape index (κ3) is 7.07. The lowest BCUT2D eigenvalue weighted by atomic mass is 10.1. The van der Waals surface area contributed by atoms with E-state index in [0.717, 1.165) is 16.8 Å². The first kappa shape index (κ1) is 21.6. The Bertz CT molecular complexity index is 812. The molecule has 0 aromatic heterocycles. The highest BCUT2D eigenvalue weighted by molar-refractivity contribution is 7.80. The van der Waals surface area contributed by atoms with Gasteiger partial charge in [-0.25, -0.2) is 4.79 Å². The molecule has 2 rings (SSSR count). The molecule has 0 aliphatic rings. The molecule has 0 heterocycles. The van der Waals surface area contributed by atoms with Crippen LogP contribution in [0.5, 0.6) is 0 Å². The Morgan fingerprint density at radius 3 is 2.26 bits per heavy atom. The molecule has 2 aromatic carbocycles. The van der Waals surface area contributed by atoms with Gasteiger partial charge in [-0.05, 0) is 49.8 Å². The van der Waals surface area contributed by atoms with Crippen molar-refractivity contribution in [3.63, 3.8) is 0 Å². The monoisotopic (exact) mass is 444 g/mol. The summed E-state index contributed by atoms with van der Waals surface area (Å²) in [6, 6.07) is 14.2. The number of aryl methyl sites for hydroxylation is 2. The van der Waals surface area contributed by atoms with Crippen LogP contribution in [0.3, 0.4) is 0 Å². The van der Waals surface area contributed by atoms with E-state index in [1.165, 1.54) is 0 Å². The van der Waals surface area contributed by atoms with Gasteiger partial charge in [0.05, 0.1) is 0 Å². The minimum Gasteiger partial charge on any atom is -0.339 e. The third-order valence-corrected chi connectivity index (χ3v) is 4.41. The summed E-state index contributed by atoms with van der Waals surface area (Å²) in [4.78, 5) is 12.2. The zero-order valence-corrected chi connectivity index (χ0v) is 17.7. The Balaban J connectivity index is 2.01. The van der Waals surface area contributed by atoms with Crippen molar-refractivity contribution in [3.8, 4) is 0 Å². The molecule has 1 unspecified atom stereocenters. The van der Waals surface area contributed by atoms with Crippen LogP contribution in [-0.2, 0) is 0 Å². The summed E-state index contributed by atoms with van der Waals surface area (Å²) in [6.45, 7) is 3.96. The fourth-order valence-electron chi connectivity index (χ4n) is 2.26. The highest BCUT2D eigenvalue weighted by atomic mass is 35.6. The first-order valence-electron chi connectivity index (χ1n) is 7.99. The fourth-order valence-corrected chi connectivity index (χ4v) is 2.82. The number of nitrogens with one attached hydrogen (secondary N) is 4. The third-order valence-electron chi connectivity index (χ3n) is 3.54. The Hall–Kier alpha value is -1.73. The van der Waals surface area contributed by atoms with Gasteiger partial charge in [-0.2, -0.15) is 0 Å². The maximum Gasteiger partial charge on any atom is 0.320 e. The molecule has 2 amide bonds. The summed E-state index contributed by atoms with van der Waals surface area (Å²) >= 11 is 23.2. The van der Waals surface area contributed by atoms with Crippen LogP contribution in [0, 0.1) is 13.8 Å². The summed E-state index contributed by atoms with van der Waals surface area (Å²) in [5, 5.41) is 11.3. The molecule has 0 spiro atoms. The maximum absolute atomic E-state index is 12.2. The van der Waals surface area contributed by atoms with E-state index in [9.17, 15) is 4.79 Å². The van der Waals surface area contributed by atoms with Gasteiger partial charge in [0.1, 0.15) is 0 Å². The lowest BCUT2D eigenvalue weighted by Crippen LogP contribution is -2.57. The van der Waals surface area contributed by atoms with Gasteiger partial charge in [-0.1, -0.05) is 70.7 Å². The highest BCUT2D eigenvalue weighted by Gasteiger charge is 2.34.